The van der Waals surface area contributed by atoms with Crippen LogP contribution in [-0.2, 0) is 11.3 Å². The Hall–Kier alpha value is -2.17. The third-order valence-electron chi connectivity index (χ3n) is 4.53. The highest BCUT2D eigenvalue weighted by molar-refractivity contribution is 5.78. The smallest absolute Gasteiger partial charge is 0.258 e. The molecule has 2 aromatic rings. The standard InChI is InChI=1S/C18H23N3O2/c1-2-7-17(22)21(13-8-3-4-9-13)12-16-19-15-11-6-5-10-14(15)18(23)20-16/h5-6,10-11,13H,2-4,7-9,12H2,1H3,(H,19,20,23). The van der Waals surface area contributed by atoms with E-state index in [4.69, 9.17) is 0 Å². The van der Waals surface area contributed by atoms with E-state index in [9.17, 15) is 9.59 Å². The lowest BCUT2D eigenvalue weighted by Crippen LogP contribution is -2.39. The van der Waals surface area contributed by atoms with Crippen molar-refractivity contribution in [1.29, 1.82) is 0 Å². The van der Waals surface area contributed by atoms with E-state index in [1.807, 2.05) is 30.0 Å². The summed E-state index contributed by atoms with van der Waals surface area (Å²) in [6.45, 7) is 2.41. The number of carbonyl (C=O) groups excluding carboxylic acids is 1. The summed E-state index contributed by atoms with van der Waals surface area (Å²) in [4.78, 5) is 34.0. The minimum absolute atomic E-state index is 0.139. The van der Waals surface area contributed by atoms with Gasteiger partial charge >= 0.3 is 0 Å². The van der Waals surface area contributed by atoms with Gasteiger partial charge in [-0.3, -0.25) is 9.59 Å². The molecule has 5 heteroatoms. The molecule has 1 N–H and O–H groups in total. The molecule has 0 aliphatic heterocycles. The van der Waals surface area contributed by atoms with Gasteiger partial charge in [-0.15, -0.1) is 0 Å². The summed E-state index contributed by atoms with van der Waals surface area (Å²) >= 11 is 0. The summed E-state index contributed by atoms with van der Waals surface area (Å²) in [5.74, 6) is 0.736. The number of benzene rings is 1. The molecule has 5 nitrogen and oxygen atoms in total. The molecular formula is C18H23N3O2. The van der Waals surface area contributed by atoms with Crippen molar-refractivity contribution >= 4 is 16.8 Å². The minimum atomic E-state index is -0.139. The van der Waals surface area contributed by atoms with Crippen molar-refractivity contribution in [3.05, 3.63) is 40.4 Å². The normalized spacial score (nSPS) is 15.2. The third-order valence-corrected chi connectivity index (χ3v) is 4.53. The van der Waals surface area contributed by atoms with Crippen molar-refractivity contribution in [2.45, 2.75) is 58.0 Å². The van der Waals surface area contributed by atoms with Crippen molar-refractivity contribution in [2.75, 3.05) is 0 Å². The van der Waals surface area contributed by atoms with Crippen LogP contribution in [0.3, 0.4) is 0 Å². The van der Waals surface area contributed by atoms with Crippen LogP contribution in [0.2, 0.25) is 0 Å². The molecule has 1 fully saturated rings. The van der Waals surface area contributed by atoms with Gasteiger partial charge in [0, 0.05) is 12.5 Å². The topological polar surface area (TPSA) is 66.1 Å². The Balaban J connectivity index is 1.89. The molecule has 0 saturated heterocycles. The zero-order valence-corrected chi connectivity index (χ0v) is 13.5. The molecule has 0 atom stereocenters. The first-order valence-electron chi connectivity index (χ1n) is 8.46. The molecule has 0 radical (unpaired) electrons. The molecule has 1 amide bonds. The molecule has 3 rings (SSSR count). The van der Waals surface area contributed by atoms with Crippen LogP contribution in [0.5, 0.6) is 0 Å². The Morgan fingerprint density at radius 2 is 2.04 bits per heavy atom. The Morgan fingerprint density at radius 3 is 2.78 bits per heavy atom. The lowest BCUT2D eigenvalue weighted by Gasteiger charge is -2.28. The first kappa shape index (κ1) is 15.7. The van der Waals surface area contributed by atoms with Crippen LogP contribution in [0.25, 0.3) is 10.9 Å². The second-order valence-electron chi connectivity index (χ2n) is 6.24. The zero-order chi connectivity index (χ0) is 16.2. The van der Waals surface area contributed by atoms with E-state index in [1.165, 1.54) is 12.8 Å². The summed E-state index contributed by atoms with van der Waals surface area (Å²) in [7, 11) is 0. The van der Waals surface area contributed by atoms with Crippen LogP contribution < -0.4 is 5.56 Å². The SMILES string of the molecule is CCCC(=O)N(Cc1nc2ccccc2c(=O)[nH]1)C1CCCC1. The fourth-order valence-corrected chi connectivity index (χ4v) is 3.37. The maximum Gasteiger partial charge on any atom is 0.258 e. The van der Waals surface area contributed by atoms with Gasteiger partial charge in [-0.2, -0.15) is 0 Å². The maximum atomic E-state index is 12.5. The minimum Gasteiger partial charge on any atom is -0.332 e. The number of para-hydroxylation sites is 1. The second kappa shape index (κ2) is 6.94. The molecule has 0 spiro atoms. The molecular weight excluding hydrogens is 290 g/mol. The van der Waals surface area contributed by atoms with Gasteiger partial charge < -0.3 is 9.88 Å². The van der Waals surface area contributed by atoms with Gasteiger partial charge in [0.05, 0.1) is 17.4 Å². The van der Waals surface area contributed by atoms with Crippen LogP contribution in [0.4, 0.5) is 0 Å². The fraction of sp³-hybridized carbons (Fsp3) is 0.500. The molecule has 1 heterocycles. The van der Waals surface area contributed by atoms with Gasteiger partial charge in [0.2, 0.25) is 5.91 Å². The number of aromatic amines is 1. The number of nitrogens with zero attached hydrogens (tertiary/aromatic N) is 2. The van der Waals surface area contributed by atoms with Gasteiger partial charge in [0.15, 0.2) is 0 Å². The summed E-state index contributed by atoms with van der Waals surface area (Å²) in [6, 6.07) is 7.58. The number of rotatable bonds is 5. The van der Waals surface area contributed by atoms with E-state index in [-0.39, 0.29) is 17.5 Å². The number of hydrogen-bond donors (Lipinski definition) is 1. The Morgan fingerprint density at radius 1 is 1.30 bits per heavy atom. The molecule has 1 aromatic carbocycles. The summed E-state index contributed by atoms with van der Waals surface area (Å²) in [5, 5.41) is 0.587. The van der Waals surface area contributed by atoms with E-state index in [0.717, 1.165) is 19.3 Å². The molecule has 1 saturated carbocycles. The summed E-state index contributed by atoms with van der Waals surface area (Å²) in [5.41, 5.74) is 0.542. The molecule has 23 heavy (non-hydrogen) atoms. The average Bonchev–Trinajstić information content (AvgIpc) is 3.07. The first-order valence-corrected chi connectivity index (χ1v) is 8.46. The van der Waals surface area contributed by atoms with Crippen LogP contribution in [0, 0.1) is 0 Å². The molecule has 1 aliphatic rings. The lowest BCUT2D eigenvalue weighted by atomic mass is 10.1. The van der Waals surface area contributed by atoms with Crippen molar-refractivity contribution in [2.24, 2.45) is 0 Å². The zero-order valence-electron chi connectivity index (χ0n) is 13.5. The van der Waals surface area contributed by atoms with Crippen LogP contribution >= 0.6 is 0 Å². The predicted octanol–water partition coefficient (Wildman–Crippen LogP) is 2.99. The number of fused-ring (bicyclic) bond motifs is 1. The Bertz CT molecular complexity index is 747. The van der Waals surface area contributed by atoms with Crippen molar-refractivity contribution in [3.8, 4) is 0 Å². The maximum absolute atomic E-state index is 12.5. The number of amides is 1. The highest BCUT2D eigenvalue weighted by atomic mass is 16.2. The highest BCUT2D eigenvalue weighted by Crippen LogP contribution is 2.25. The first-order chi connectivity index (χ1) is 11.2. The molecule has 0 bridgehead atoms. The number of nitrogens with one attached hydrogen (secondary N) is 1. The number of hydrogen-bond acceptors (Lipinski definition) is 3. The van der Waals surface area contributed by atoms with Crippen molar-refractivity contribution < 1.29 is 4.79 Å². The van der Waals surface area contributed by atoms with Crippen molar-refractivity contribution in [3.63, 3.8) is 0 Å². The van der Waals surface area contributed by atoms with E-state index < -0.39 is 0 Å². The van der Waals surface area contributed by atoms with Gasteiger partial charge in [-0.05, 0) is 31.4 Å². The third kappa shape index (κ3) is 3.44. The van der Waals surface area contributed by atoms with E-state index >= 15 is 0 Å². The largest absolute Gasteiger partial charge is 0.332 e. The summed E-state index contributed by atoms with van der Waals surface area (Å²) in [6.07, 6.45) is 5.82. The molecule has 1 aromatic heterocycles. The van der Waals surface area contributed by atoms with Crippen LogP contribution in [0.15, 0.2) is 29.1 Å². The van der Waals surface area contributed by atoms with E-state index in [2.05, 4.69) is 9.97 Å². The van der Waals surface area contributed by atoms with Crippen LogP contribution in [-0.4, -0.2) is 26.8 Å². The molecule has 122 valence electrons. The van der Waals surface area contributed by atoms with Crippen molar-refractivity contribution in [1.82, 2.24) is 14.9 Å². The Labute approximate surface area is 135 Å². The quantitative estimate of drug-likeness (QED) is 0.923. The highest BCUT2D eigenvalue weighted by Gasteiger charge is 2.26. The monoisotopic (exact) mass is 313 g/mol. The average molecular weight is 313 g/mol. The van der Waals surface area contributed by atoms with Gasteiger partial charge in [-0.25, -0.2) is 4.98 Å². The van der Waals surface area contributed by atoms with Gasteiger partial charge in [-0.1, -0.05) is 31.9 Å². The number of H-pyrrole nitrogens is 1. The second-order valence-corrected chi connectivity index (χ2v) is 6.24. The number of carbonyl (C=O) groups is 1. The van der Waals surface area contributed by atoms with Gasteiger partial charge in [0.1, 0.15) is 5.82 Å². The lowest BCUT2D eigenvalue weighted by molar-refractivity contribution is -0.134. The number of aromatic nitrogens is 2. The van der Waals surface area contributed by atoms with E-state index in [0.29, 0.717) is 29.7 Å². The molecule has 0 unspecified atom stereocenters. The molecule has 1 aliphatic carbocycles. The van der Waals surface area contributed by atoms with Crippen LogP contribution in [0.1, 0.15) is 51.3 Å². The van der Waals surface area contributed by atoms with E-state index in [1.54, 1.807) is 6.07 Å². The Kier molecular flexibility index (Phi) is 4.74. The summed E-state index contributed by atoms with van der Waals surface area (Å²) < 4.78 is 0. The van der Waals surface area contributed by atoms with Gasteiger partial charge in [0.25, 0.3) is 5.56 Å². The fourth-order valence-electron chi connectivity index (χ4n) is 3.37. The predicted molar refractivity (Wildman–Crippen MR) is 90.1 cm³/mol.